The van der Waals surface area contributed by atoms with Gasteiger partial charge >= 0.3 is 6.18 Å². The lowest BCUT2D eigenvalue weighted by atomic mass is 10.0. The number of benzene rings is 1. The van der Waals surface area contributed by atoms with Crippen LogP contribution in [0.2, 0.25) is 0 Å². The van der Waals surface area contributed by atoms with E-state index >= 15 is 0 Å². The van der Waals surface area contributed by atoms with Crippen LogP contribution in [0, 0.1) is 0 Å². The van der Waals surface area contributed by atoms with Gasteiger partial charge in [0, 0.05) is 43.7 Å². The minimum absolute atomic E-state index is 0.305. The van der Waals surface area contributed by atoms with E-state index in [-0.39, 0.29) is 0 Å². The van der Waals surface area contributed by atoms with Crippen LogP contribution in [0.15, 0.2) is 36.8 Å². The first-order valence-electron chi connectivity index (χ1n) is 9.73. The van der Waals surface area contributed by atoms with E-state index in [9.17, 15) is 13.2 Å². The number of aryl methyl sites for hydroxylation is 2. The highest BCUT2D eigenvalue weighted by Gasteiger charge is 2.32. The third-order valence-electron chi connectivity index (χ3n) is 5.30. The van der Waals surface area contributed by atoms with Crippen LogP contribution >= 0.6 is 0 Å². The van der Waals surface area contributed by atoms with Crippen molar-refractivity contribution >= 4 is 5.95 Å². The largest absolute Gasteiger partial charge is 0.419 e. The van der Waals surface area contributed by atoms with E-state index in [1.165, 1.54) is 11.1 Å². The monoisotopic (exact) mass is 401 g/mol. The van der Waals surface area contributed by atoms with Crippen molar-refractivity contribution in [3.05, 3.63) is 64.7 Å². The van der Waals surface area contributed by atoms with Crippen LogP contribution in [-0.2, 0) is 32.0 Å². The smallest absolute Gasteiger partial charge is 0.336 e. The Bertz CT molecular complexity index is 986. The molecule has 1 aliphatic rings. The van der Waals surface area contributed by atoms with Crippen LogP contribution in [0.1, 0.15) is 41.8 Å². The van der Waals surface area contributed by atoms with Crippen LogP contribution < -0.4 is 4.90 Å². The fourth-order valence-electron chi connectivity index (χ4n) is 3.74. The molecule has 4 rings (SSSR count). The van der Waals surface area contributed by atoms with Crippen molar-refractivity contribution in [2.24, 2.45) is 0 Å². The topological polar surface area (TPSA) is 46.8 Å². The standard InChI is InChI=1S/C21H22F3N5/c1-3-14-6-5-7-15(4-2)19(14)29-13-16-12-28(9-8-18(16)27-29)20-25-10-17(11-26-20)21(22,23)24/h5-7,10-11,13H,3-4,8-9,12H2,1-2H3. The average Bonchev–Trinajstić information content (AvgIpc) is 3.15. The Morgan fingerprint density at radius 2 is 1.69 bits per heavy atom. The maximum atomic E-state index is 12.7. The van der Waals surface area contributed by atoms with Gasteiger partial charge in [-0.3, -0.25) is 0 Å². The van der Waals surface area contributed by atoms with Gasteiger partial charge < -0.3 is 4.90 Å². The van der Waals surface area contributed by atoms with Crippen molar-refractivity contribution in [2.45, 2.75) is 45.8 Å². The van der Waals surface area contributed by atoms with Crippen LogP contribution in [0.3, 0.4) is 0 Å². The fraction of sp³-hybridized carbons (Fsp3) is 0.381. The Labute approximate surface area is 167 Å². The van der Waals surface area contributed by atoms with Crippen molar-refractivity contribution < 1.29 is 13.2 Å². The van der Waals surface area contributed by atoms with Crippen molar-refractivity contribution in [1.82, 2.24) is 19.7 Å². The predicted octanol–water partition coefficient (Wildman–Crippen LogP) is 4.37. The molecule has 0 bridgehead atoms. The number of para-hydroxylation sites is 1. The lowest BCUT2D eigenvalue weighted by Crippen LogP contribution is -2.31. The van der Waals surface area contributed by atoms with Crippen LogP contribution in [0.5, 0.6) is 0 Å². The normalized spacial score (nSPS) is 14.2. The Balaban J connectivity index is 1.62. The Morgan fingerprint density at radius 3 is 2.28 bits per heavy atom. The summed E-state index contributed by atoms with van der Waals surface area (Å²) in [7, 11) is 0. The molecule has 1 aliphatic heterocycles. The van der Waals surface area contributed by atoms with E-state index in [4.69, 9.17) is 5.10 Å². The molecule has 0 N–H and O–H groups in total. The second kappa shape index (κ2) is 7.50. The number of aromatic nitrogens is 4. The zero-order valence-electron chi connectivity index (χ0n) is 16.4. The van der Waals surface area contributed by atoms with Crippen molar-refractivity contribution in [3.8, 4) is 5.69 Å². The Kier molecular flexibility index (Phi) is 5.02. The Morgan fingerprint density at radius 1 is 1.03 bits per heavy atom. The van der Waals surface area contributed by atoms with Crippen LogP contribution in [0.4, 0.5) is 19.1 Å². The number of anilines is 1. The first-order valence-corrected chi connectivity index (χ1v) is 9.73. The first-order chi connectivity index (χ1) is 13.9. The summed E-state index contributed by atoms with van der Waals surface area (Å²) in [6.07, 6.45) is 1.80. The van der Waals surface area contributed by atoms with Gasteiger partial charge in [-0.2, -0.15) is 18.3 Å². The van der Waals surface area contributed by atoms with Crippen molar-refractivity contribution in [3.63, 3.8) is 0 Å². The molecule has 0 amide bonds. The average molecular weight is 401 g/mol. The second-order valence-corrected chi connectivity index (χ2v) is 7.12. The van der Waals surface area contributed by atoms with Crippen LogP contribution in [-0.4, -0.2) is 26.3 Å². The highest BCUT2D eigenvalue weighted by Crippen LogP contribution is 2.30. The molecular formula is C21H22F3N5. The number of nitrogens with zero attached hydrogens (tertiary/aromatic N) is 5. The predicted molar refractivity (Wildman–Crippen MR) is 104 cm³/mol. The van der Waals surface area contributed by atoms with Gasteiger partial charge in [-0.1, -0.05) is 32.0 Å². The van der Waals surface area contributed by atoms with Gasteiger partial charge in [-0.15, -0.1) is 0 Å². The summed E-state index contributed by atoms with van der Waals surface area (Å²) < 4.78 is 40.2. The SMILES string of the molecule is CCc1cccc(CC)c1-n1cc2c(n1)CCN(c1ncc(C(F)(F)F)cn1)C2. The number of hydrogen-bond donors (Lipinski definition) is 0. The molecule has 5 nitrogen and oxygen atoms in total. The van der Waals surface area contributed by atoms with E-state index in [0.717, 1.165) is 42.2 Å². The van der Waals surface area contributed by atoms with Crippen molar-refractivity contribution in [2.75, 3.05) is 11.4 Å². The van der Waals surface area contributed by atoms with Crippen LogP contribution in [0.25, 0.3) is 5.69 Å². The number of alkyl halides is 3. The molecule has 0 atom stereocenters. The lowest BCUT2D eigenvalue weighted by Gasteiger charge is -2.26. The zero-order valence-corrected chi connectivity index (χ0v) is 16.4. The molecule has 3 heterocycles. The molecule has 0 radical (unpaired) electrons. The molecular weight excluding hydrogens is 379 g/mol. The van der Waals surface area contributed by atoms with Gasteiger partial charge in [0.1, 0.15) is 0 Å². The summed E-state index contributed by atoms with van der Waals surface area (Å²) in [4.78, 5) is 9.75. The maximum Gasteiger partial charge on any atom is 0.419 e. The zero-order chi connectivity index (χ0) is 20.6. The fourth-order valence-corrected chi connectivity index (χ4v) is 3.74. The molecule has 0 aliphatic carbocycles. The van der Waals surface area contributed by atoms with Gasteiger partial charge in [0.05, 0.1) is 16.9 Å². The third-order valence-corrected chi connectivity index (χ3v) is 5.30. The number of rotatable bonds is 4. The summed E-state index contributed by atoms with van der Waals surface area (Å²) in [6, 6.07) is 6.32. The van der Waals surface area contributed by atoms with Gasteiger partial charge in [0.15, 0.2) is 0 Å². The second-order valence-electron chi connectivity index (χ2n) is 7.12. The molecule has 152 valence electrons. The van der Waals surface area contributed by atoms with Gasteiger partial charge in [-0.25, -0.2) is 14.6 Å². The number of fused-ring (bicyclic) bond motifs is 1. The molecule has 0 saturated carbocycles. The number of hydrogen-bond acceptors (Lipinski definition) is 4. The molecule has 8 heteroatoms. The highest BCUT2D eigenvalue weighted by atomic mass is 19.4. The summed E-state index contributed by atoms with van der Waals surface area (Å²) in [5.41, 5.74) is 4.84. The summed E-state index contributed by atoms with van der Waals surface area (Å²) in [5, 5.41) is 4.81. The summed E-state index contributed by atoms with van der Waals surface area (Å²) >= 11 is 0. The van der Waals surface area contributed by atoms with Gasteiger partial charge in [0.25, 0.3) is 0 Å². The maximum absolute atomic E-state index is 12.7. The molecule has 0 saturated heterocycles. The van der Waals surface area contributed by atoms with E-state index in [2.05, 4.69) is 42.0 Å². The minimum Gasteiger partial charge on any atom is -0.336 e. The minimum atomic E-state index is -4.43. The van der Waals surface area contributed by atoms with E-state index in [1.807, 2.05) is 15.8 Å². The van der Waals surface area contributed by atoms with Gasteiger partial charge in [-0.05, 0) is 24.0 Å². The quantitative estimate of drug-likeness (QED) is 0.651. The summed E-state index contributed by atoms with van der Waals surface area (Å²) in [5.74, 6) is 0.305. The molecule has 2 aromatic heterocycles. The molecule has 1 aromatic carbocycles. The van der Waals surface area contributed by atoms with Crippen molar-refractivity contribution in [1.29, 1.82) is 0 Å². The van der Waals surface area contributed by atoms with Gasteiger partial charge in [0.2, 0.25) is 5.95 Å². The van der Waals surface area contributed by atoms with E-state index < -0.39 is 11.7 Å². The first kappa shape index (κ1) is 19.4. The highest BCUT2D eigenvalue weighted by molar-refractivity contribution is 5.49. The summed E-state index contributed by atoms with van der Waals surface area (Å²) in [6.45, 7) is 5.40. The molecule has 0 spiro atoms. The Hall–Kier alpha value is -2.90. The van der Waals surface area contributed by atoms with E-state index in [1.54, 1.807) is 0 Å². The molecule has 3 aromatic rings. The van der Waals surface area contributed by atoms with E-state index in [0.29, 0.717) is 25.5 Å². The molecule has 0 unspecified atom stereocenters. The number of halogens is 3. The lowest BCUT2D eigenvalue weighted by molar-refractivity contribution is -0.138. The third kappa shape index (κ3) is 3.71. The molecule has 29 heavy (non-hydrogen) atoms. The molecule has 0 fully saturated rings.